The van der Waals surface area contributed by atoms with E-state index in [2.05, 4.69) is 20.7 Å². The second kappa shape index (κ2) is 5.15. The summed E-state index contributed by atoms with van der Waals surface area (Å²) in [7, 11) is -3.11. The molecule has 5 heteroatoms. The van der Waals surface area contributed by atoms with Gasteiger partial charge in [-0.2, -0.15) is 0 Å². The van der Waals surface area contributed by atoms with Crippen LogP contribution in [-0.4, -0.2) is 25.0 Å². The number of hydrogen-bond donors (Lipinski definition) is 1. The molecular weight excluding hydrogens is 278 g/mol. The van der Waals surface area contributed by atoms with Gasteiger partial charge in [-0.1, -0.05) is 42.6 Å². The molecule has 3 nitrogen and oxygen atoms in total. The van der Waals surface area contributed by atoms with Crippen molar-refractivity contribution in [1.29, 1.82) is 0 Å². The van der Waals surface area contributed by atoms with Crippen LogP contribution in [0.2, 0.25) is 0 Å². The van der Waals surface area contributed by atoms with Crippen LogP contribution in [-0.2, 0) is 10.0 Å². The third kappa shape index (κ3) is 4.04. The molecule has 1 saturated carbocycles. The van der Waals surface area contributed by atoms with Crippen molar-refractivity contribution in [1.82, 2.24) is 4.72 Å². The predicted molar refractivity (Wildman–Crippen MR) is 66.8 cm³/mol. The lowest BCUT2D eigenvalue weighted by atomic mass is 10.0. The quantitative estimate of drug-likeness (QED) is 0.791. The summed E-state index contributed by atoms with van der Waals surface area (Å²) in [6, 6.07) is 0. The molecule has 15 heavy (non-hydrogen) atoms. The maximum Gasteiger partial charge on any atom is 0.212 e. The maximum atomic E-state index is 11.8. The Morgan fingerprint density at radius 1 is 1.33 bits per heavy atom. The molecule has 0 bridgehead atoms. The van der Waals surface area contributed by atoms with Crippen molar-refractivity contribution in [2.24, 2.45) is 5.92 Å². The third-order valence-corrected chi connectivity index (χ3v) is 5.66. The van der Waals surface area contributed by atoms with E-state index in [-0.39, 0.29) is 17.2 Å². The first-order valence-corrected chi connectivity index (χ1v) is 8.24. The molecule has 0 amide bonds. The second-order valence-electron chi connectivity index (χ2n) is 4.90. The molecule has 0 radical (unpaired) electrons. The van der Waals surface area contributed by atoms with Crippen LogP contribution in [0.3, 0.4) is 0 Å². The average Bonchev–Trinajstić information content (AvgIpc) is 2.50. The summed E-state index contributed by atoms with van der Waals surface area (Å²) in [5.41, 5.74) is -0.215. The minimum atomic E-state index is -3.11. The van der Waals surface area contributed by atoms with Crippen LogP contribution in [0.15, 0.2) is 0 Å². The van der Waals surface area contributed by atoms with Crippen LogP contribution < -0.4 is 4.72 Å². The molecule has 1 fully saturated rings. The van der Waals surface area contributed by atoms with E-state index in [4.69, 9.17) is 0 Å². The lowest BCUT2D eigenvalue weighted by Gasteiger charge is -2.28. The van der Waals surface area contributed by atoms with Crippen LogP contribution in [0.1, 0.15) is 39.5 Å². The molecule has 0 aromatic rings. The van der Waals surface area contributed by atoms with Gasteiger partial charge >= 0.3 is 0 Å². The number of hydrogen-bond acceptors (Lipinski definition) is 2. The lowest BCUT2D eigenvalue weighted by Crippen LogP contribution is -2.48. The minimum absolute atomic E-state index is 0.177. The van der Waals surface area contributed by atoms with Gasteiger partial charge in [0.2, 0.25) is 10.0 Å². The minimum Gasteiger partial charge on any atom is -0.212 e. The first-order valence-electron chi connectivity index (χ1n) is 5.47. The Hall–Kier alpha value is 0.390. The van der Waals surface area contributed by atoms with Crippen molar-refractivity contribution >= 4 is 26.0 Å². The summed E-state index contributed by atoms with van der Waals surface area (Å²) in [6.07, 6.45) is 4.15. The van der Waals surface area contributed by atoms with E-state index in [1.165, 1.54) is 0 Å². The number of rotatable bonds is 5. The van der Waals surface area contributed by atoms with Gasteiger partial charge in [0.15, 0.2) is 0 Å². The van der Waals surface area contributed by atoms with E-state index in [0.29, 0.717) is 0 Å². The van der Waals surface area contributed by atoms with Gasteiger partial charge in [-0.3, -0.25) is 0 Å². The summed E-state index contributed by atoms with van der Waals surface area (Å²) < 4.78 is 26.5. The van der Waals surface area contributed by atoms with Crippen molar-refractivity contribution in [3.63, 3.8) is 0 Å². The highest BCUT2D eigenvalue weighted by Crippen LogP contribution is 2.32. The maximum absolute atomic E-state index is 11.8. The molecule has 0 aromatic heterocycles. The van der Waals surface area contributed by atoms with Crippen LogP contribution in [0.5, 0.6) is 0 Å². The number of halogens is 1. The molecule has 0 aliphatic heterocycles. The average molecular weight is 298 g/mol. The Balaban J connectivity index is 2.66. The predicted octanol–water partition coefficient (Wildman–Crippen LogP) is 2.27. The number of alkyl halides is 1. The Morgan fingerprint density at radius 2 is 1.87 bits per heavy atom. The van der Waals surface area contributed by atoms with E-state index >= 15 is 0 Å². The van der Waals surface area contributed by atoms with Crippen molar-refractivity contribution in [2.45, 2.75) is 45.1 Å². The Bertz CT molecular complexity index is 295. The third-order valence-electron chi connectivity index (χ3n) is 2.74. The highest BCUT2D eigenvalue weighted by Gasteiger charge is 2.36. The largest absolute Gasteiger partial charge is 0.212 e. The normalized spacial score (nSPS) is 21.1. The molecule has 0 spiro atoms. The zero-order valence-electron chi connectivity index (χ0n) is 9.42. The summed E-state index contributed by atoms with van der Waals surface area (Å²) in [6.45, 7) is 3.85. The van der Waals surface area contributed by atoms with Gasteiger partial charge in [-0.25, -0.2) is 13.1 Å². The molecule has 1 aliphatic rings. The fraction of sp³-hybridized carbons (Fsp3) is 1.00. The van der Waals surface area contributed by atoms with Gasteiger partial charge in [0, 0.05) is 10.9 Å². The van der Waals surface area contributed by atoms with E-state index in [1.54, 1.807) is 0 Å². The highest BCUT2D eigenvalue weighted by molar-refractivity contribution is 9.09. The smallest absolute Gasteiger partial charge is 0.212 e. The van der Waals surface area contributed by atoms with Gasteiger partial charge in [0.1, 0.15) is 0 Å². The summed E-state index contributed by atoms with van der Waals surface area (Å²) in [5, 5.41) is 0.720. The fourth-order valence-electron chi connectivity index (χ4n) is 2.13. The second-order valence-corrected chi connectivity index (χ2v) is 7.23. The van der Waals surface area contributed by atoms with Gasteiger partial charge in [-0.15, -0.1) is 0 Å². The lowest BCUT2D eigenvalue weighted by molar-refractivity contribution is 0.435. The molecule has 0 unspecified atom stereocenters. The van der Waals surface area contributed by atoms with Gasteiger partial charge in [-0.05, 0) is 18.8 Å². The van der Waals surface area contributed by atoms with Crippen LogP contribution in [0, 0.1) is 5.92 Å². The van der Waals surface area contributed by atoms with Crippen LogP contribution in [0.25, 0.3) is 0 Å². The van der Waals surface area contributed by atoms with E-state index in [0.717, 1.165) is 31.0 Å². The van der Waals surface area contributed by atoms with Gasteiger partial charge in [0.05, 0.1) is 5.75 Å². The van der Waals surface area contributed by atoms with Crippen LogP contribution in [0.4, 0.5) is 0 Å². The van der Waals surface area contributed by atoms with E-state index in [1.807, 2.05) is 13.8 Å². The van der Waals surface area contributed by atoms with Crippen molar-refractivity contribution in [3.8, 4) is 0 Å². The topological polar surface area (TPSA) is 46.2 Å². The number of nitrogens with one attached hydrogen (secondary N) is 1. The fourth-order valence-corrected chi connectivity index (χ4v) is 4.91. The van der Waals surface area contributed by atoms with E-state index < -0.39 is 10.0 Å². The molecule has 0 heterocycles. The van der Waals surface area contributed by atoms with Crippen molar-refractivity contribution < 1.29 is 8.42 Å². The SMILES string of the molecule is CC(C)CS(=O)(=O)NC1(CBr)CCCC1. The molecule has 0 aromatic carbocycles. The first kappa shape index (κ1) is 13.5. The van der Waals surface area contributed by atoms with Gasteiger partial charge < -0.3 is 0 Å². The van der Waals surface area contributed by atoms with E-state index in [9.17, 15) is 8.42 Å². The first-order chi connectivity index (χ1) is 6.89. The monoisotopic (exact) mass is 297 g/mol. The number of sulfonamides is 1. The molecule has 1 rings (SSSR count). The summed E-state index contributed by atoms with van der Waals surface area (Å²) >= 11 is 3.43. The van der Waals surface area contributed by atoms with Crippen molar-refractivity contribution in [2.75, 3.05) is 11.1 Å². The Labute approximate surface area is 101 Å². The zero-order valence-corrected chi connectivity index (χ0v) is 11.8. The molecular formula is C10H20BrNO2S. The zero-order chi connectivity index (χ0) is 11.5. The summed E-state index contributed by atoms with van der Waals surface area (Å²) in [5.74, 6) is 0.401. The van der Waals surface area contributed by atoms with Crippen LogP contribution >= 0.6 is 15.9 Å². The molecule has 0 atom stereocenters. The highest BCUT2D eigenvalue weighted by atomic mass is 79.9. The summed E-state index contributed by atoms with van der Waals surface area (Å²) in [4.78, 5) is 0. The molecule has 0 saturated heterocycles. The molecule has 90 valence electrons. The van der Waals surface area contributed by atoms with Crippen molar-refractivity contribution in [3.05, 3.63) is 0 Å². The van der Waals surface area contributed by atoms with Gasteiger partial charge in [0.25, 0.3) is 0 Å². The standard InChI is InChI=1S/C10H20BrNO2S/c1-9(2)7-15(13,14)12-10(8-11)5-3-4-6-10/h9,12H,3-8H2,1-2H3. The molecule has 1 N–H and O–H groups in total. The Kier molecular flexibility index (Phi) is 4.62. The molecule has 1 aliphatic carbocycles. The Morgan fingerprint density at radius 3 is 2.27 bits per heavy atom.